The highest BCUT2D eigenvalue weighted by Gasteiger charge is 2.22. The first-order valence-electron chi connectivity index (χ1n) is 9.02. The lowest BCUT2D eigenvalue weighted by Gasteiger charge is -2.35. The summed E-state index contributed by atoms with van der Waals surface area (Å²) in [6.45, 7) is 3.74. The monoisotopic (exact) mass is 402 g/mol. The third kappa shape index (κ3) is 4.39. The summed E-state index contributed by atoms with van der Waals surface area (Å²) < 4.78 is 0. The van der Waals surface area contributed by atoms with Crippen LogP contribution in [-0.2, 0) is 0 Å². The minimum Gasteiger partial charge on any atom is -0.465 e. The number of benzene rings is 1. The minimum absolute atomic E-state index is 0.286. The number of carboxylic acid groups (broad SMARTS) is 1. The number of anilines is 2. The molecule has 3 rings (SSSR count). The predicted molar refractivity (Wildman–Crippen MR) is 106 cm³/mol. The number of carbonyl (C=O) groups is 2. The standard InChI is InChI=1S/C18H22N6O5/c1-10(20-16(26)14-13(19)15(25)22-17(27)21-14)11-3-2-4-12(9-11)23-5-7-24(8-6-23)18(28)29/h2-4,9-10H,5-8,19H2,1H3,(H,20,26)(H,28,29)(H2,21,22,25,27). The van der Waals surface area contributed by atoms with Gasteiger partial charge in [0.15, 0.2) is 0 Å². The number of amides is 2. The summed E-state index contributed by atoms with van der Waals surface area (Å²) in [6, 6.07) is 7.09. The number of rotatable bonds is 4. The van der Waals surface area contributed by atoms with Gasteiger partial charge >= 0.3 is 11.8 Å². The van der Waals surface area contributed by atoms with E-state index in [4.69, 9.17) is 10.8 Å². The summed E-state index contributed by atoms with van der Waals surface area (Å²) in [6.07, 6.45) is -0.924. The lowest BCUT2D eigenvalue weighted by molar-refractivity contribution is 0.0935. The molecule has 1 aliphatic heterocycles. The van der Waals surface area contributed by atoms with Crippen molar-refractivity contribution in [3.8, 4) is 0 Å². The maximum atomic E-state index is 12.5. The molecule has 1 unspecified atom stereocenters. The molecule has 0 aliphatic carbocycles. The van der Waals surface area contributed by atoms with E-state index in [2.05, 4.69) is 15.2 Å². The first-order chi connectivity index (χ1) is 13.8. The largest absolute Gasteiger partial charge is 0.465 e. The summed E-state index contributed by atoms with van der Waals surface area (Å²) >= 11 is 0. The van der Waals surface area contributed by atoms with E-state index in [9.17, 15) is 19.2 Å². The number of aromatic nitrogens is 2. The Morgan fingerprint density at radius 3 is 2.52 bits per heavy atom. The third-order valence-electron chi connectivity index (χ3n) is 4.84. The molecule has 29 heavy (non-hydrogen) atoms. The number of nitrogens with zero attached hydrogens (tertiary/aromatic N) is 2. The molecule has 2 heterocycles. The van der Waals surface area contributed by atoms with E-state index in [1.807, 2.05) is 29.2 Å². The Hall–Kier alpha value is -3.76. The molecule has 11 nitrogen and oxygen atoms in total. The Kier molecular flexibility index (Phi) is 5.57. The molecule has 2 amide bonds. The Balaban J connectivity index is 1.72. The Morgan fingerprint density at radius 1 is 1.17 bits per heavy atom. The fraction of sp³-hybridized carbons (Fsp3) is 0.333. The van der Waals surface area contributed by atoms with Crippen molar-refractivity contribution in [2.75, 3.05) is 36.8 Å². The summed E-state index contributed by atoms with van der Waals surface area (Å²) in [4.78, 5) is 54.1. The minimum atomic E-state index is -0.924. The van der Waals surface area contributed by atoms with Gasteiger partial charge in [0.2, 0.25) is 0 Å². The van der Waals surface area contributed by atoms with Crippen LogP contribution in [0.15, 0.2) is 33.9 Å². The highest BCUT2D eigenvalue weighted by molar-refractivity contribution is 5.97. The molecule has 0 spiro atoms. The van der Waals surface area contributed by atoms with Gasteiger partial charge < -0.3 is 30.9 Å². The van der Waals surface area contributed by atoms with Gasteiger partial charge in [-0.1, -0.05) is 12.1 Å². The van der Waals surface area contributed by atoms with E-state index in [-0.39, 0.29) is 11.4 Å². The summed E-state index contributed by atoms with van der Waals surface area (Å²) in [5.74, 6) is -0.668. The van der Waals surface area contributed by atoms with Gasteiger partial charge in [-0.2, -0.15) is 0 Å². The van der Waals surface area contributed by atoms with Gasteiger partial charge in [-0.3, -0.25) is 14.6 Å². The van der Waals surface area contributed by atoms with Crippen LogP contribution in [0.25, 0.3) is 0 Å². The second kappa shape index (κ2) is 8.09. The van der Waals surface area contributed by atoms with Gasteiger partial charge in [0, 0.05) is 31.9 Å². The highest BCUT2D eigenvalue weighted by Crippen LogP contribution is 2.22. The van der Waals surface area contributed by atoms with Crippen molar-refractivity contribution in [3.63, 3.8) is 0 Å². The van der Waals surface area contributed by atoms with Crippen LogP contribution in [0.5, 0.6) is 0 Å². The first kappa shape index (κ1) is 20.0. The Labute approximate surface area is 165 Å². The van der Waals surface area contributed by atoms with Crippen molar-refractivity contribution in [1.29, 1.82) is 0 Å². The van der Waals surface area contributed by atoms with E-state index in [0.29, 0.717) is 26.2 Å². The number of nitrogens with one attached hydrogen (secondary N) is 3. The Bertz CT molecular complexity index is 1040. The van der Waals surface area contributed by atoms with Crippen molar-refractivity contribution < 1.29 is 14.7 Å². The maximum Gasteiger partial charge on any atom is 0.407 e. The van der Waals surface area contributed by atoms with Gasteiger partial charge in [0.1, 0.15) is 11.4 Å². The average molecular weight is 402 g/mol. The van der Waals surface area contributed by atoms with Crippen molar-refractivity contribution in [2.24, 2.45) is 0 Å². The molecule has 1 saturated heterocycles. The van der Waals surface area contributed by atoms with E-state index < -0.39 is 29.3 Å². The predicted octanol–water partition coefficient (Wildman–Crippen LogP) is -0.0636. The Morgan fingerprint density at radius 2 is 1.86 bits per heavy atom. The number of piperazine rings is 1. The number of hydrogen-bond acceptors (Lipinski definition) is 6. The second-order valence-corrected chi connectivity index (χ2v) is 6.74. The molecule has 1 aromatic carbocycles. The highest BCUT2D eigenvalue weighted by atomic mass is 16.4. The van der Waals surface area contributed by atoms with Gasteiger partial charge in [0.05, 0.1) is 6.04 Å². The first-order valence-corrected chi connectivity index (χ1v) is 9.02. The normalized spacial score (nSPS) is 15.1. The van der Waals surface area contributed by atoms with E-state index >= 15 is 0 Å². The zero-order chi connectivity index (χ0) is 21.1. The molecule has 2 aromatic rings. The van der Waals surface area contributed by atoms with Crippen molar-refractivity contribution in [3.05, 3.63) is 56.4 Å². The van der Waals surface area contributed by atoms with Crippen molar-refractivity contribution in [2.45, 2.75) is 13.0 Å². The van der Waals surface area contributed by atoms with Crippen LogP contribution in [0.4, 0.5) is 16.2 Å². The zero-order valence-electron chi connectivity index (χ0n) is 15.8. The van der Waals surface area contributed by atoms with Crippen molar-refractivity contribution in [1.82, 2.24) is 20.2 Å². The van der Waals surface area contributed by atoms with Gasteiger partial charge in [-0.15, -0.1) is 0 Å². The topological polar surface area (TPSA) is 165 Å². The molecule has 6 N–H and O–H groups in total. The number of aromatic amines is 2. The lowest BCUT2D eigenvalue weighted by Crippen LogP contribution is -2.48. The van der Waals surface area contributed by atoms with Crippen LogP contribution < -0.4 is 27.2 Å². The van der Waals surface area contributed by atoms with Crippen LogP contribution in [0.3, 0.4) is 0 Å². The number of nitrogens with two attached hydrogens (primary N) is 1. The van der Waals surface area contributed by atoms with E-state index in [0.717, 1.165) is 11.3 Å². The van der Waals surface area contributed by atoms with Crippen LogP contribution in [0.2, 0.25) is 0 Å². The lowest BCUT2D eigenvalue weighted by atomic mass is 10.1. The summed E-state index contributed by atoms with van der Waals surface area (Å²) in [5.41, 5.74) is 5.03. The molecule has 0 radical (unpaired) electrons. The molecular formula is C18H22N6O5. The molecular weight excluding hydrogens is 380 g/mol. The number of nitrogen functional groups attached to an aromatic ring is 1. The van der Waals surface area contributed by atoms with Crippen LogP contribution in [0.1, 0.15) is 29.0 Å². The molecule has 1 atom stereocenters. The van der Waals surface area contributed by atoms with Crippen LogP contribution in [0, 0.1) is 0 Å². The molecule has 154 valence electrons. The van der Waals surface area contributed by atoms with Crippen LogP contribution in [-0.4, -0.2) is 58.2 Å². The molecule has 1 aliphatic rings. The van der Waals surface area contributed by atoms with Gasteiger partial charge in [-0.05, 0) is 24.6 Å². The maximum absolute atomic E-state index is 12.5. The third-order valence-corrected chi connectivity index (χ3v) is 4.84. The summed E-state index contributed by atoms with van der Waals surface area (Å²) in [5, 5.41) is 11.8. The number of carbonyl (C=O) groups excluding carboxylic acids is 1. The van der Waals surface area contributed by atoms with Gasteiger partial charge in [0.25, 0.3) is 11.5 Å². The fourth-order valence-corrected chi connectivity index (χ4v) is 3.17. The SMILES string of the molecule is CC(NC(=O)c1[nH]c(=O)[nH]c(=O)c1N)c1cccc(N2CCN(C(=O)O)CC2)c1. The molecule has 1 fully saturated rings. The fourth-order valence-electron chi connectivity index (χ4n) is 3.17. The number of H-pyrrole nitrogens is 2. The average Bonchev–Trinajstić information content (AvgIpc) is 2.70. The smallest absolute Gasteiger partial charge is 0.407 e. The van der Waals surface area contributed by atoms with E-state index in [1.54, 1.807) is 6.92 Å². The van der Waals surface area contributed by atoms with E-state index in [1.165, 1.54) is 4.90 Å². The summed E-state index contributed by atoms with van der Waals surface area (Å²) in [7, 11) is 0. The van der Waals surface area contributed by atoms with Crippen molar-refractivity contribution >= 4 is 23.4 Å². The molecule has 0 saturated carbocycles. The molecule has 0 bridgehead atoms. The number of hydrogen-bond donors (Lipinski definition) is 5. The van der Waals surface area contributed by atoms with Crippen LogP contribution >= 0.6 is 0 Å². The second-order valence-electron chi connectivity index (χ2n) is 6.74. The van der Waals surface area contributed by atoms with Gasteiger partial charge in [-0.25, -0.2) is 9.59 Å². The quantitative estimate of drug-likeness (QED) is 0.478. The molecule has 11 heteroatoms. The molecule has 1 aromatic heterocycles. The zero-order valence-corrected chi connectivity index (χ0v) is 15.8.